The Balaban J connectivity index is 1.45. The number of hydrogen-bond acceptors (Lipinski definition) is 6. The first-order valence-electron chi connectivity index (χ1n) is 9.64. The number of ketones is 1. The first kappa shape index (κ1) is 20.2. The Hall–Kier alpha value is -2.57. The molecule has 0 aromatic heterocycles. The maximum absolute atomic E-state index is 11.6. The molecule has 1 heterocycles. The van der Waals surface area contributed by atoms with Gasteiger partial charge in [0.15, 0.2) is 17.3 Å². The highest BCUT2D eigenvalue weighted by atomic mass is 16.6. The molecule has 0 aliphatic carbocycles. The average molecular weight is 385 g/mol. The Morgan fingerprint density at radius 1 is 1.14 bits per heavy atom. The highest BCUT2D eigenvalue weighted by Crippen LogP contribution is 2.32. The predicted octanol–water partition coefficient (Wildman–Crippen LogP) is 3.14. The van der Waals surface area contributed by atoms with Crippen molar-refractivity contribution in [1.82, 2.24) is 5.32 Å². The van der Waals surface area contributed by atoms with Crippen LogP contribution in [0.4, 0.5) is 0 Å². The van der Waals surface area contributed by atoms with Crippen LogP contribution in [-0.2, 0) is 0 Å². The quantitative estimate of drug-likeness (QED) is 0.646. The molecule has 0 saturated heterocycles. The number of aliphatic hydroxyl groups excluding tert-OH is 1. The van der Waals surface area contributed by atoms with Crippen molar-refractivity contribution in [3.05, 3.63) is 53.6 Å². The van der Waals surface area contributed by atoms with Gasteiger partial charge in [-0.1, -0.05) is 13.0 Å². The summed E-state index contributed by atoms with van der Waals surface area (Å²) in [5.74, 6) is 2.25. The third kappa shape index (κ3) is 5.24. The summed E-state index contributed by atoms with van der Waals surface area (Å²) in [7, 11) is 0. The molecule has 0 bridgehead atoms. The summed E-state index contributed by atoms with van der Waals surface area (Å²) in [5.41, 5.74) is 1.74. The third-order valence-electron chi connectivity index (χ3n) is 4.67. The second-order valence-corrected chi connectivity index (χ2v) is 6.80. The molecule has 3 rings (SSSR count). The van der Waals surface area contributed by atoms with Crippen molar-refractivity contribution in [3.63, 3.8) is 0 Å². The Labute approximate surface area is 165 Å². The standard InChI is InChI=1S/C22H27NO5/c1-3-20(25)16-4-7-19(8-5-16)28-14-18(24)13-23-15(2)17-6-9-21-22(12-17)27-11-10-26-21/h4-9,12,15,18,23-24H,3,10-11,13-14H2,1-2H3. The van der Waals surface area contributed by atoms with Gasteiger partial charge in [-0.15, -0.1) is 0 Å². The van der Waals surface area contributed by atoms with E-state index in [1.165, 1.54) is 0 Å². The Morgan fingerprint density at radius 3 is 2.57 bits per heavy atom. The van der Waals surface area contributed by atoms with E-state index in [0.29, 0.717) is 37.5 Å². The van der Waals surface area contributed by atoms with Gasteiger partial charge in [0.2, 0.25) is 0 Å². The molecule has 1 aliphatic heterocycles. The fourth-order valence-electron chi connectivity index (χ4n) is 2.95. The Bertz CT molecular complexity index is 790. The maximum Gasteiger partial charge on any atom is 0.162 e. The molecule has 28 heavy (non-hydrogen) atoms. The van der Waals surface area contributed by atoms with Crippen LogP contribution in [0.15, 0.2) is 42.5 Å². The summed E-state index contributed by atoms with van der Waals surface area (Å²) in [6.45, 7) is 5.56. The summed E-state index contributed by atoms with van der Waals surface area (Å²) in [6, 6.07) is 12.9. The molecule has 0 spiro atoms. The summed E-state index contributed by atoms with van der Waals surface area (Å²) in [5, 5.41) is 13.5. The van der Waals surface area contributed by atoms with Crippen molar-refractivity contribution in [1.29, 1.82) is 0 Å². The molecular formula is C22H27NO5. The maximum atomic E-state index is 11.6. The second kappa shape index (κ2) is 9.57. The van der Waals surface area contributed by atoms with E-state index in [9.17, 15) is 9.90 Å². The molecule has 0 amide bonds. The van der Waals surface area contributed by atoms with E-state index >= 15 is 0 Å². The van der Waals surface area contributed by atoms with E-state index in [-0.39, 0.29) is 18.4 Å². The van der Waals surface area contributed by atoms with Crippen LogP contribution in [0.1, 0.15) is 42.2 Å². The van der Waals surface area contributed by atoms with Crippen LogP contribution in [0.5, 0.6) is 17.2 Å². The summed E-state index contributed by atoms with van der Waals surface area (Å²) in [6.07, 6.45) is -0.178. The molecule has 2 aromatic rings. The van der Waals surface area contributed by atoms with Crippen molar-refractivity contribution < 1.29 is 24.1 Å². The number of rotatable bonds is 9. The summed E-state index contributed by atoms with van der Waals surface area (Å²) < 4.78 is 16.8. The largest absolute Gasteiger partial charge is 0.491 e. The van der Waals surface area contributed by atoms with E-state index in [4.69, 9.17) is 14.2 Å². The number of ether oxygens (including phenoxy) is 3. The zero-order valence-corrected chi connectivity index (χ0v) is 16.3. The zero-order chi connectivity index (χ0) is 19.9. The molecule has 0 saturated carbocycles. The minimum absolute atomic E-state index is 0.0461. The highest BCUT2D eigenvalue weighted by Gasteiger charge is 2.15. The van der Waals surface area contributed by atoms with E-state index in [1.54, 1.807) is 24.3 Å². The molecule has 1 aliphatic rings. The molecule has 2 N–H and O–H groups in total. The molecule has 0 radical (unpaired) electrons. The third-order valence-corrected chi connectivity index (χ3v) is 4.67. The minimum Gasteiger partial charge on any atom is -0.491 e. The summed E-state index contributed by atoms with van der Waals surface area (Å²) in [4.78, 5) is 11.6. The molecule has 2 unspecified atom stereocenters. The number of hydrogen-bond donors (Lipinski definition) is 2. The summed E-state index contributed by atoms with van der Waals surface area (Å²) >= 11 is 0. The number of benzene rings is 2. The van der Waals surface area contributed by atoms with Crippen LogP contribution in [0, 0.1) is 0 Å². The van der Waals surface area contributed by atoms with Crippen LogP contribution >= 0.6 is 0 Å². The molecule has 6 nitrogen and oxygen atoms in total. The number of carbonyl (C=O) groups is 1. The zero-order valence-electron chi connectivity index (χ0n) is 16.3. The average Bonchev–Trinajstić information content (AvgIpc) is 2.75. The lowest BCUT2D eigenvalue weighted by Crippen LogP contribution is -2.33. The van der Waals surface area contributed by atoms with Crippen molar-refractivity contribution in [2.24, 2.45) is 0 Å². The van der Waals surface area contributed by atoms with Crippen LogP contribution in [0.3, 0.4) is 0 Å². The molecule has 2 atom stereocenters. The lowest BCUT2D eigenvalue weighted by molar-refractivity contribution is 0.0986. The van der Waals surface area contributed by atoms with E-state index in [0.717, 1.165) is 17.1 Å². The smallest absolute Gasteiger partial charge is 0.162 e. The van der Waals surface area contributed by atoms with Gasteiger partial charge < -0.3 is 24.6 Å². The minimum atomic E-state index is -0.656. The lowest BCUT2D eigenvalue weighted by atomic mass is 10.1. The lowest BCUT2D eigenvalue weighted by Gasteiger charge is -2.22. The molecule has 150 valence electrons. The molecular weight excluding hydrogens is 358 g/mol. The van der Waals surface area contributed by atoms with Gasteiger partial charge in [-0.2, -0.15) is 0 Å². The topological polar surface area (TPSA) is 77.0 Å². The van der Waals surface area contributed by atoms with Crippen molar-refractivity contribution in [2.45, 2.75) is 32.4 Å². The Kier molecular flexibility index (Phi) is 6.90. The van der Waals surface area contributed by atoms with Crippen molar-refractivity contribution in [3.8, 4) is 17.2 Å². The number of carbonyl (C=O) groups excluding carboxylic acids is 1. The molecule has 2 aromatic carbocycles. The fourth-order valence-corrected chi connectivity index (χ4v) is 2.95. The van der Waals surface area contributed by atoms with Crippen molar-refractivity contribution >= 4 is 5.78 Å². The van der Waals surface area contributed by atoms with Gasteiger partial charge in [0.25, 0.3) is 0 Å². The van der Waals surface area contributed by atoms with Gasteiger partial charge in [-0.3, -0.25) is 4.79 Å². The van der Waals surface area contributed by atoms with Crippen LogP contribution < -0.4 is 19.5 Å². The van der Waals surface area contributed by atoms with Gasteiger partial charge in [0, 0.05) is 24.6 Å². The fraction of sp³-hybridized carbons (Fsp3) is 0.409. The van der Waals surface area contributed by atoms with E-state index in [1.807, 2.05) is 32.0 Å². The van der Waals surface area contributed by atoms with Crippen LogP contribution in [0.2, 0.25) is 0 Å². The molecule has 0 fully saturated rings. The Morgan fingerprint density at radius 2 is 1.86 bits per heavy atom. The normalized spacial score (nSPS) is 15.0. The SMILES string of the molecule is CCC(=O)c1ccc(OCC(O)CNC(C)c2ccc3c(c2)OCCO3)cc1. The number of aliphatic hydroxyl groups is 1. The number of fused-ring (bicyclic) bond motifs is 1. The first-order valence-corrected chi connectivity index (χ1v) is 9.64. The highest BCUT2D eigenvalue weighted by molar-refractivity contribution is 5.95. The van der Waals surface area contributed by atoms with E-state index in [2.05, 4.69) is 5.32 Å². The first-order chi connectivity index (χ1) is 13.6. The van der Waals surface area contributed by atoms with Crippen LogP contribution in [-0.4, -0.2) is 43.4 Å². The number of nitrogens with one attached hydrogen (secondary N) is 1. The second-order valence-electron chi connectivity index (χ2n) is 6.80. The van der Waals surface area contributed by atoms with Gasteiger partial charge in [0.1, 0.15) is 31.7 Å². The van der Waals surface area contributed by atoms with Gasteiger partial charge >= 0.3 is 0 Å². The van der Waals surface area contributed by atoms with Gasteiger partial charge in [-0.05, 0) is 48.9 Å². The molecule has 6 heteroatoms. The van der Waals surface area contributed by atoms with Gasteiger partial charge in [0.05, 0.1) is 0 Å². The van der Waals surface area contributed by atoms with Crippen molar-refractivity contribution in [2.75, 3.05) is 26.4 Å². The van der Waals surface area contributed by atoms with Crippen LogP contribution in [0.25, 0.3) is 0 Å². The van der Waals surface area contributed by atoms with Gasteiger partial charge in [-0.25, -0.2) is 0 Å². The van der Waals surface area contributed by atoms with E-state index < -0.39 is 6.10 Å². The monoisotopic (exact) mass is 385 g/mol. The predicted molar refractivity (Wildman–Crippen MR) is 106 cm³/mol. The number of Topliss-reactive ketones (excluding diaryl/α,β-unsaturated/α-hetero) is 1.